The molecular weight excluding hydrogens is 287 g/mol. The number of rotatable bonds is 5. The first kappa shape index (κ1) is 15.9. The van der Waals surface area contributed by atoms with Crippen LogP contribution in [0.5, 0.6) is 0 Å². The second-order valence-corrected chi connectivity index (χ2v) is 6.79. The molecular formula is C15H21FN4S. The molecule has 0 saturated heterocycles. The van der Waals surface area contributed by atoms with E-state index in [-0.39, 0.29) is 11.4 Å². The van der Waals surface area contributed by atoms with Gasteiger partial charge in [0.05, 0.1) is 23.9 Å². The lowest BCUT2D eigenvalue weighted by atomic mass is 10.1. The van der Waals surface area contributed by atoms with E-state index in [9.17, 15) is 4.39 Å². The minimum atomic E-state index is -0.313. The van der Waals surface area contributed by atoms with Crippen molar-refractivity contribution in [3.05, 3.63) is 40.2 Å². The van der Waals surface area contributed by atoms with E-state index in [2.05, 4.69) is 36.1 Å². The molecule has 2 heterocycles. The molecule has 0 radical (unpaired) electrons. The zero-order chi connectivity index (χ0) is 15.5. The van der Waals surface area contributed by atoms with Gasteiger partial charge in [0.15, 0.2) is 0 Å². The Morgan fingerprint density at radius 3 is 2.71 bits per heavy atom. The van der Waals surface area contributed by atoms with Crippen molar-refractivity contribution in [2.45, 2.75) is 39.4 Å². The monoisotopic (exact) mass is 308 g/mol. The smallest absolute Gasteiger partial charge is 0.141 e. The molecule has 0 aliphatic heterocycles. The van der Waals surface area contributed by atoms with Crippen LogP contribution in [0.3, 0.4) is 0 Å². The molecule has 2 aromatic heterocycles. The molecule has 0 aromatic carbocycles. The molecule has 0 amide bonds. The van der Waals surface area contributed by atoms with Crippen LogP contribution in [0.15, 0.2) is 23.2 Å². The third-order valence-corrected chi connectivity index (χ3v) is 3.60. The van der Waals surface area contributed by atoms with Crippen LogP contribution in [0, 0.1) is 5.82 Å². The van der Waals surface area contributed by atoms with Gasteiger partial charge in [0.1, 0.15) is 11.6 Å². The molecule has 2 aromatic rings. The Morgan fingerprint density at radius 2 is 2.10 bits per heavy atom. The third-order valence-electron chi connectivity index (χ3n) is 2.96. The Balaban J connectivity index is 2.17. The molecule has 0 aliphatic rings. The van der Waals surface area contributed by atoms with E-state index >= 15 is 0 Å². The fourth-order valence-electron chi connectivity index (χ4n) is 1.94. The highest BCUT2D eigenvalue weighted by molar-refractivity contribution is 7.07. The SMILES string of the molecule is CN(Cc1cscn1)c1ncc(F)cc1CNC(C)(C)C. The maximum atomic E-state index is 13.5. The molecule has 0 saturated carbocycles. The quantitative estimate of drug-likeness (QED) is 0.921. The van der Waals surface area contributed by atoms with Gasteiger partial charge in [-0.1, -0.05) is 0 Å². The molecule has 1 N–H and O–H groups in total. The van der Waals surface area contributed by atoms with Crippen LogP contribution in [-0.2, 0) is 13.1 Å². The van der Waals surface area contributed by atoms with E-state index in [0.29, 0.717) is 13.1 Å². The number of anilines is 1. The summed E-state index contributed by atoms with van der Waals surface area (Å²) in [5.74, 6) is 0.465. The van der Waals surface area contributed by atoms with Gasteiger partial charge in [-0.25, -0.2) is 14.4 Å². The summed E-state index contributed by atoms with van der Waals surface area (Å²) in [4.78, 5) is 10.5. The summed E-state index contributed by atoms with van der Waals surface area (Å²) in [6.45, 7) is 7.48. The van der Waals surface area contributed by atoms with Crippen molar-refractivity contribution in [1.29, 1.82) is 0 Å². The van der Waals surface area contributed by atoms with E-state index in [1.807, 2.05) is 22.8 Å². The Labute approximate surface area is 129 Å². The second-order valence-electron chi connectivity index (χ2n) is 6.08. The van der Waals surface area contributed by atoms with Gasteiger partial charge in [-0.05, 0) is 26.8 Å². The number of nitrogens with one attached hydrogen (secondary N) is 1. The number of hydrogen-bond acceptors (Lipinski definition) is 5. The van der Waals surface area contributed by atoms with Crippen LogP contribution >= 0.6 is 11.3 Å². The summed E-state index contributed by atoms with van der Waals surface area (Å²) in [6, 6.07) is 1.54. The summed E-state index contributed by atoms with van der Waals surface area (Å²) in [5.41, 5.74) is 3.62. The molecule has 0 fully saturated rings. The highest BCUT2D eigenvalue weighted by Crippen LogP contribution is 2.20. The van der Waals surface area contributed by atoms with E-state index < -0.39 is 0 Å². The lowest BCUT2D eigenvalue weighted by Gasteiger charge is -2.24. The molecule has 6 heteroatoms. The van der Waals surface area contributed by atoms with E-state index in [1.165, 1.54) is 6.20 Å². The largest absolute Gasteiger partial charge is 0.353 e. The van der Waals surface area contributed by atoms with Gasteiger partial charge in [0.2, 0.25) is 0 Å². The van der Waals surface area contributed by atoms with Crippen molar-refractivity contribution in [2.75, 3.05) is 11.9 Å². The second kappa shape index (κ2) is 6.49. The van der Waals surface area contributed by atoms with Crippen molar-refractivity contribution in [3.63, 3.8) is 0 Å². The van der Waals surface area contributed by atoms with Crippen LogP contribution in [0.4, 0.5) is 10.2 Å². The van der Waals surface area contributed by atoms with Crippen molar-refractivity contribution in [2.24, 2.45) is 0 Å². The maximum absolute atomic E-state index is 13.5. The number of halogens is 1. The van der Waals surface area contributed by atoms with Crippen LogP contribution in [0.1, 0.15) is 32.0 Å². The van der Waals surface area contributed by atoms with Crippen molar-refractivity contribution < 1.29 is 4.39 Å². The minimum Gasteiger partial charge on any atom is -0.353 e. The van der Waals surface area contributed by atoms with Crippen LogP contribution in [0.25, 0.3) is 0 Å². The van der Waals surface area contributed by atoms with Gasteiger partial charge < -0.3 is 10.2 Å². The van der Waals surface area contributed by atoms with Gasteiger partial charge in [0, 0.05) is 30.1 Å². The van der Waals surface area contributed by atoms with Gasteiger partial charge in [-0.15, -0.1) is 11.3 Å². The molecule has 0 atom stereocenters. The first-order valence-electron chi connectivity index (χ1n) is 6.83. The van der Waals surface area contributed by atoms with Crippen molar-refractivity contribution >= 4 is 17.2 Å². The summed E-state index contributed by atoms with van der Waals surface area (Å²) in [5, 5.41) is 5.38. The molecule has 0 aliphatic carbocycles. The van der Waals surface area contributed by atoms with E-state index in [4.69, 9.17) is 0 Å². The summed E-state index contributed by atoms with van der Waals surface area (Å²) < 4.78 is 13.5. The van der Waals surface area contributed by atoms with Crippen LogP contribution in [-0.4, -0.2) is 22.6 Å². The number of pyridine rings is 1. The van der Waals surface area contributed by atoms with Crippen LogP contribution < -0.4 is 10.2 Å². The fourth-order valence-corrected chi connectivity index (χ4v) is 2.49. The highest BCUT2D eigenvalue weighted by atomic mass is 32.1. The lowest BCUT2D eigenvalue weighted by Crippen LogP contribution is -2.35. The highest BCUT2D eigenvalue weighted by Gasteiger charge is 2.15. The zero-order valence-electron chi connectivity index (χ0n) is 12.9. The number of nitrogens with zero attached hydrogens (tertiary/aromatic N) is 3. The van der Waals surface area contributed by atoms with Crippen molar-refractivity contribution in [3.8, 4) is 0 Å². The normalized spacial score (nSPS) is 11.7. The molecule has 0 spiro atoms. The van der Waals surface area contributed by atoms with Gasteiger partial charge in [-0.2, -0.15) is 0 Å². The molecule has 21 heavy (non-hydrogen) atoms. The van der Waals surface area contributed by atoms with Crippen LogP contribution in [0.2, 0.25) is 0 Å². The molecule has 0 unspecified atom stereocenters. The molecule has 0 bridgehead atoms. The topological polar surface area (TPSA) is 41.1 Å². The Kier molecular flexibility index (Phi) is 4.90. The number of hydrogen-bond donors (Lipinski definition) is 1. The van der Waals surface area contributed by atoms with Crippen molar-refractivity contribution in [1.82, 2.24) is 15.3 Å². The summed E-state index contributed by atoms with van der Waals surface area (Å²) in [7, 11) is 1.94. The maximum Gasteiger partial charge on any atom is 0.141 e. The average molecular weight is 308 g/mol. The minimum absolute atomic E-state index is 0.0307. The predicted molar refractivity (Wildman–Crippen MR) is 85.0 cm³/mol. The first-order chi connectivity index (χ1) is 9.85. The van der Waals surface area contributed by atoms with Gasteiger partial charge in [-0.3, -0.25) is 0 Å². The standard InChI is InChI=1S/C15H21FN4S/c1-15(2,3)19-6-11-5-12(16)7-17-14(11)20(4)8-13-9-21-10-18-13/h5,7,9-10,19H,6,8H2,1-4H3. The van der Waals surface area contributed by atoms with E-state index in [1.54, 1.807) is 17.4 Å². The van der Waals surface area contributed by atoms with Gasteiger partial charge in [0.25, 0.3) is 0 Å². The molecule has 2 rings (SSSR count). The Hall–Kier alpha value is -1.53. The fraction of sp³-hybridized carbons (Fsp3) is 0.467. The summed E-state index contributed by atoms with van der Waals surface area (Å²) >= 11 is 1.57. The molecule has 114 valence electrons. The average Bonchev–Trinajstić information content (AvgIpc) is 2.88. The number of thiazole rings is 1. The third kappa shape index (κ3) is 4.75. The Bertz CT molecular complexity index is 578. The zero-order valence-corrected chi connectivity index (χ0v) is 13.7. The predicted octanol–water partition coefficient (Wildman–Crippen LogP) is 3.20. The Morgan fingerprint density at radius 1 is 1.33 bits per heavy atom. The molecule has 4 nitrogen and oxygen atoms in total. The number of aromatic nitrogens is 2. The van der Waals surface area contributed by atoms with E-state index in [0.717, 1.165) is 17.1 Å². The lowest BCUT2D eigenvalue weighted by molar-refractivity contribution is 0.423. The van der Waals surface area contributed by atoms with Gasteiger partial charge >= 0.3 is 0 Å². The summed E-state index contributed by atoms with van der Waals surface area (Å²) in [6.07, 6.45) is 1.26. The first-order valence-corrected chi connectivity index (χ1v) is 7.77.